The second kappa shape index (κ2) is 11.7. The van der Waals surface area contributed by atoms with Crippen molar-refractivity contribution in [3.05, 3.63) is 82.3 Å². The fourth-order valence-electron chi connectivity index (χ4n) is 4.08. The number of carbonyl (C=O) groups excluding carboxylic acids is 3. The number of hydrogen-bond donors (Lipinski definition) is 4. The smallest absolute Gasteiger partial charge is 0.319 e. The third-order valence-electron chi connectivity index (χ3n) is 5.86. The number of rotatable bonds is 9. The number of carboxylic acid groups (broad SMARTS) is 1. The molecule has 0 aliphatic carbocycles. The molecule has 4 amide bonds. The van der Waals surface area contributed by atoms with Crippen molar-refractivity contribution >= 4 is 46.5 Å². The highest BCUT2D eigenvalue weighted by Crippen LogP contribution is 2.28. The second-order valence-electron chi connectivity index (χ2n) is 8.56. The summed E-state index contributed by atoms with van der Waals surface area (Å²) in [7, 11) is 0. The van der Waals surface area contributed by atoms with Gasteiger partial charge >= 0.3 is 12.0 Å². The molecule has 0 spiro atoms. The van der Waals surface area contributed by atoms with E-state index in [1.54, 1.807) is 24.3 Å². The van der Waals surface area contributed by atoms with Gasteiger partial charge in [0.25, 0.3) is 0 Å². The average Bonchev–Trinajstić information content (AvgIpc) is 3.52. The molecule has 1 aliphatic heterocycles. The second-order valence-corrected chi connectivity index (χ2v) is 9.59. The maximum absolute atomic E-state index is 13.7. The molecule has 37 heavy (non-hydrogen) atoms. The van der Waals surface area contributed by atoms with Crippen LogP contribution in [-0.4, -0.2) is 35.5 Å². The Kier molecular flexibility index (Phi) is 8.14. The maximum atomic E-state index is 13.7. The van der Waals surface area contributed by atoms with Crippen LogP contribution in [0, 0.1) is 11.7 Å². The predicted octanol–water partition coefficient (Wildman–Crippen LogP) is 3.89. The molecule has 1 saturated heterocycles. The van der Waals surface area contributed by atoms with E-state index in [1.807, 2.05) is 17.5 Å². The number of hydrogen-bond acceptors (Lipinski definition) is 5. The summed E-state index contributed by atoms with van der Waals surface area (Å²) in [4.78, 5) is 51.7. The van der Waals surface area contributed by atoms with E-state index in [0.717, 1.165) is 4.88 Å². The number of amides is 4. The molecule has 0 bridgehead atoms. The van der Waals surface area contributed by atoms with E-state index < -0.39 is 42.1 Å². The zero-order valence-electron chi connectivity index (χ0n) is 19.6. The average molecular weight is 525 g/mol. The van der Waals surface area contributed by atoms with Crippen LogP contribution in [-0.2, 0) is 20.9 Å². The topological polar surface area (TPSA) is 128 Å². The summed E-state index contributed by atoms with van der Waals surface area (Å²) in [5, 5.41) is 19.3. The molecule has 192 valence electrons. The molecular formula is C26H25FN4O5S. The van der Waals surface area contributed by atoms with E-state index in [4.69, 9.17) is 0 Å². The van der Waals surface area contributed by atoms with Gasteiger partial charge in [-0.2, -0.15) is 0 Å². The van der Waals surface area contributed by atoms with Gasteiger partial charge in [0.05, 0.1) is 24.9 Å². The predicted molar refractivity (Wildman–Crippen MR) is 137 cm³/mol. The van der Waals surface area contributed by atoms with Gasteiger partial charge in [0.15, 0.2) is 0 Å². The highest BCUT2D eigenvalue weighted by atomic mass is 32.1. The number of aliphatic carboxylic acids is 1. The molecule has 1 aromatic heterocycles. The summed E-state index contributed by atoms with van der Waals surface area (Å²) in [6, 6.07) is 14.6. The number of urea groups is 1. The van der Waals surface area contributed by atoms with Crippen molar-refractivity contribution in [2.75, 3.05) is 16.8 Å². The summed E-state index contributed by atoms with van der Waals surface area (Å²) >= 11 is 1.53. The van der Waals surface area contributed by atoms with Crippen molar-refractivity contribution in [2.45, 2.75) is 25.4 Å². The van der Waals surface area contributed by atoms with Gasteiger partial charge in [-0.1, -0.05) is 24.3 Å². The number of carbonyl (C=O) groups is 4. The fourth-order valence-corrected chi connectivity index (χ4v) is 4.72. The molecule has 0 radical (unpaired) electrons. The lowest BCUT2D eigenvalue weighted by Crippen LogP contribution is -2.36. The summed E-state index contributed by atoms with van der Waals surface area (Å²) in [6.45, 7) is 0.477. The normalized spacial score (nSPS) is 15.8. The van der Waals surface area contributed by atoms with Crippen LogP contribution in [0.3, 0.4) is 0 Å². The zero-order chi connectivity index (χ0) is 26.4. The van der Waals surface area contributed by atoms with Gasteiger partial charge in [-0.3, -0.25) is 14.4 Å². The number of halogens is 1. The molecule has 0 saturated carbocycles. The fraction of sp³-hybridized carbons (Fsp3) is 0.231. The minimum atomic E-state index is -1.15. The minimum absolute atomic E-state index is 0.0618. The Labute approximate surface area is 216 Å². The summed E-state index contributed by atoms with van der Waals surface area (Å²) < 4.78 is 13.7. The molecule has 11 heteroatoms. The van der Waals surface area contributed by atoms with Crippen LogP contribution in [0.25, 0.3) is 0 Å². The highest BCUT2D eigenvalue weighted by molar-refractivity contribution is 7.09. The summed E-state index contributed by atoms with van der Waals surface area (Å²) in [6.07, 6.45) is -0.491. The van der Waals surface area contributed by atoms with E-state index in [2.05, 4.69) is 16.0 Å². The molecule has 1 fully saturated rings. The molecular weight excluding hydrogens is 499 g/mol. The first kappa shape index (κ1) is 25.8. The first-order chi connectivity index (χ1) is 17.8. The quantitative estimate of drug-likeness (QED) is 0.338. The first-order valence-electron chi connectivity index (χ1n) is 11.5. The van der Waals surface area contributed by atoms with Gasteiger partial charge in [0.2, 0.25) is 11.8 Å². The van der Waals surface area contributed by atoms with Gasteiger partial charge in [-0.05, 0) is 47.3 Å². The lowest BCUT2D eigenvalue weighted by molar-refractivity contribution is -0.138. The van der Waals surface area contributed by atoms with Crippen molar-refractivity contribution in [2.24, 2.45) is 5.92 Å². The van der Waals surface area contributed by atoms with Crippen molar-refractivity contribution in [3.63, 3.8) is 0 Å². The van der Waals surface area contributed by atoms with Crippen LogP contribution in [0.5, 0.6) is 0 Å². The zero-order valence-corrected chi connectivity index (χ0v) is 20.5. The molecule has 2 heterocycles. The number of nitrogens with one attached hydrogen (secondary N) is 3. The molecule has 3 aromatic rings. The molecule has 4 rings (SSSR count). The van der Waals surface area contributed by atoms with Gasteiger partial charge in [-0.15, -0.1) is 11.3 Å². The van der Waals surface area contributed by atoms with E-state index in [-0.39, 0.29) is 18.9 Å². The highest BCUT2D eigenvalue weighted by Gasteiger charge is 2.36. The summed E-state index contributed by atoms with van der Waals surface area (Å²) in [5.74, 6) is -3.18. The van der Waals surface area contributed by atoms with Gasteiger partial charge in [0.1, 0.15) is 5.82 Å². The molecule has 2 unspecified atom stereocenters. The minimum Gasteiger partial charge on any atom is -0.481 e. The van der Waals surface area contributed by atoms with Crippen LogP contribution in [0.1, 0.15) is 29.3 Å². The SMILES string of the molecule is O=C(O)CC(NC(=O)C1CC(=O)N(c2cccc(NC(=O)NCc3cccs3)c2)C1)c1cccc(F)c1. The molecule has 2 aromatic carbocycles. The number of anilines is 2. The molecule has 9 nitrogen and oxygen atoms in total. The standard InChI is InChI=1S/C26H25FN4O5S/c27-18-5-1-4-16(10-18)22(13-24(33)34)30-25(35)17-11-23(32)31(15-17)20-7-2-6-19(12-20)29-26(36)28-14-21-8-3-9-37-21/h1-10,12,17,22H,11,13-15H2,(H,30,35)(H,33,34)(H2,28,29,36). The maximum Gasteiger partial charge on any atom is 0.319 e. The Bertz CT molecular complexity index is 1300. The number of nitrogens with zero attached hydrogens (tertiary/aromatic N) is 1. The van der Waals surface area contributed by atoms with Gasteiger partial charge < -0.3 is 26.0 Å². The van der Waals surface area contributed by atoms with Crippen molar-refractivity contribution < 1.29 is 28.7 Å². The lowest BCUT2D eigenvalue weighted by atomic mass is 10.0. The van der Waals surface area contributed by atoms with E-state index in [0.29, 0.717) is 23.5 Å². The number of thiophene rings is 1. The molecule has 1 aliphatic rings. The van der Waals surface area contributed by atoms with Crippen molar-refractivity contribution in [1.82, 2.24) is 10.6 Å². The first-order valence-corrected chi connectivity index (χ1v) is 12.4. The van der Waals surface area contributed by atoms with Crippen molar-refractivity contribution in [3.8, 4) is 0 Å². The Morgan fingerprint density at radius 2 is 1.92 bits per heavy atom. The van der Waals surface area contributed by atoms with Crippen LogP contribution in [0.2, 0.25) is 0 Å². The molecule has 2 atom stereocenters. The van der Waals surface area contributed by atoms with Crippen LogP contribution in [0.15, 0.2) is 66.0 Å². The Hall–Kier alpha value is -4.25. The Balaban J connectivity index is 1.39. The lowest BCUT2D eigenvalue weighted by Gasteiger charge is -2.21. The van der Waals surface area contributed by atoms with Gasteiger partial charge in [-0.25, -0.2) is 9.18 Å². The summed E-state index contributed by atoms with van der Waals surface area (Å²) in [5.41, 5.74) is 1.33. The molecule has 4 N–H and O–H groups in total. The number of benzene rings is 2. The monoisotopic (exact) mass is 524 g/mol. The van der Waals surface area contributed by atoms with E-state index in [1.165, 1.54) is 40.5 Å². The third-order valence-corrected chi connectivity index (χ3v) is 6.74. The van der Waals surface area contributed by atoms with Crippen molar-refractivity contribution in [1.29, 1.82) is 0 Å². The Morgan fingerprint density at radius 1 is 1.11 bits per heavy atom. The Morgan fingerprint density at radius 3 is 2.65 bits per heavy atom. The van der Waals surface area contributed by atoms with E-state index in [9.17, 15) is 28.7 Å². The third kappa shape index (κ3) is 6.91. The van der Waals surface area contributed by atoms with Gasteiger partial charge in [0, 0.05) is 29.2 Å². The number of carboxylic acids is 1. The van der Waals surface area contributed by atoms with Crippen LogP contribution in [0.4, 0.5) is 20.6 Å². The van der Waals surface area contributed by atoms with E-state index >= 15 is 0 Å². The largest absolute Gasteiger partial charge is 0.481 e. The van der Waals surface area contributed by atoms with Crippen LogP contribution >= 0.6 is 11.3 Å². The van der Waals surface area contributed by atoms with Crippen LogP contribution < -0.4 is 20.9 Å².